The van der Waals surface area contributed by atoms with E-state index < -0.39 is 10.5 Å². The summed E-state index contributed by atoms with van der Waals surface area (Å²) in [4.78, 5) is 13.7. The maximum Gasteiger partial charge on any atom is 0.203 e. The Morgan fingerprint density at radius 2 is 1.61 bits per heavy atom. The molecule has 0 aliphatic carbocycles. The van der Waals surface area contributed by atoms with Gasteiger partial charge in [0.15, 0.2) is 14.3 Å². The molecule has 0 fully saturated rings. The second kappa shape index (κ2) is 5.28. The summed E-state index contributed by atoms with van der Waals surface area (Å²) in [6.07, 6.45) is 0. The van der Waals surface area contributed by atoms with E-state index in [9.17, 15) is 9.18 Å². The smallest absolute Gasteiger partial charge is 0.203 e. The van der Waals surface area contributed by atoms with Gasteiger partial charge in [-0.15, -0.1) is 0 Å². The van der Waals surface area contributed by atoms with Gasteiger partial charge in [-0.2, -0.15) is 0 Å². The van der Waals surface area contributed by atoms with Crippen LogP contribution in [0.4, 0.5) is 4.39 Å². The quantitative estimate of drug-likeness (QED) is 0.332. The summed E-state index contributed by atoms with van der Waals surface area (Å²) in [5.41, 5.74) is 1.11. The molecule has 23 heavy (non-hydrogen) atoms. The molecule has 0 N–H and O–H groups in total. The minimum Gasteiger partial charge on any atom is -0.288 e. The zero-order valence-corrected chi connectivity index (χ0v) is 13.4. The van der Waals surface area contributed by atoms with Gasteiger partial charge in [-0.1, -0.05) is 24.3 Å². The van der Waals surface area contributed by atoms with Crippen LogP contribution in [0.2, 0.25) is 0 Å². The Kier molecular flexibility index (Phi) is 3.24. The molecule has 1 aromatic heterocycles. The number of aryl methyl sites for hydroxylation is 1. The van der Waals surface area contributed by atoms with Crippen molar-refractivity contribution in [2.45, 2.75) is 6.92 Å². The normalized spacial score (nSPS) is 12.0. The minimum absolute atomic E-state index is 0.0550. The summed E-state index contributed by atoms with van der Waals surface area (Å²) in [6, 6.07) is 20.3. The molecule has 0 amide bonds. The fraction of sp³-hybridized carbons (Fsp3) is 0.0500. The SMILES string of the molecule is Cc1ccc2c(c1)c(=O)c1ccccc1[s+]2-c1cccc(F)c1. The molecular formula is C20H14FOS+. The van der Waals surface area contributed by atoms with Crippen molar-refractivity contribution in [2.24, 2.45) is 0 Å². The van der Waals surface area contributed by atoms with Crippen LogP contribution in [-0.2, 0) is 0 Å². The molecule has 0 aliphatic rings. The molecule has 1 nitrogen and oxygen atoms in total. The van der Waals surface area contributed by atoms with E-state index in [2.05, 4.69) is 0 Å². The lowest BCUT2D eigenvalue weighted by molar-refractivity contribution is 0.629. The fourth-order valence-corrected chi connectivity index (χ4v) is 5.30. The Bertz CT molecular complexity index is 1110. The van der Waals surface area contributed by atoms with E-state index in [1.807, 2.05) is 55.5 Å². The fourth-order valence-electron chi connectivity index (χ4n) is 2.94. The van der Waals surface area contributed by atoms with Crippen LogP contribution in [0.1, 0.15) is 5.56 Å². The summed E-state index contributed by atoms with van der Waals surface area (Å²) in [6.45, 7) is 1.98. The molecular weight excluding hydrogens is 307 g/mol. The summed E-state index contributed by atoms with van der Waals surface area (Å²) in [5, 5.41) is 1.45. The van der Waals surface area contributed by atoms with Gasteiger partial charge < -0.3 is 0 Å². The van der Waals surface area contributed by atoms with Crippen molar-refractivity contribution in [1.29, 1.82) is 0 Å². The lowest BCUT2D eigenvalue weighted by Gasteiger charge is -2.03. The number of rotatable bonds is 1. The molecule has 1 unspecified atom stereocenters. The summed E-state index contributed by atoms with van der Waals surface area (Å²) in [5.74, 6) is -0.252. The number of fused-ring (bicyclic) bond motifs is 2. The summed E-state index contributed by atoms with van der Waals surface area (Å²) >= 11 is 0. The van der Waals surface area contributed by atoms with Crippen LogP contribution >= 0.6 is 10.5 Å². The third kappa shape index (κ3) is 2.25. The molecule has 0 saturated heterocycles. The number of benzene rings is 3. The first-order valence-corrected chi connectivity index (χ1v) is 8.62. The summed E-state index contributed by atoms with van der Waals surface area (Å²) in [7, 11) is -0.458. The Morgan fingerprint density at radius 3 is 2.43 bits per heavy atom. The zero-order valence-electron chi connectivity index (χ0n) is 12.5. The third-order valence-electron chi connectivity index (χ3n) is 3.98. The average Bonchev–Trinajstić information content (AvgIpc) is 2.56. The van der Waals surface area contributed by atoms with Gasteiger partial charge in [0.05, 0.1) is 10.8 Å². The maximum atomic E-state index is 13.8. The zero-order chi connectivity index (χ0) is 16.0. The van der Waals surface area contributed by atoms with E-state index in [1.165, 1.54) is 6.07 Å². The van der Waals surface area contributed by atoms with E-state index in [4.69, 9.17) is 0 Å². The molecule has 112 valence electrons. The van der Waals surface area contributed by atoms with Crippen LogP contribution in [0, 0.1) is 12.7 Å². The van der Waals surface area contributed by atoms with E-state index in [0.29, 0.717) is 0 Å². The highest BCUT2D eigenvalue weighted by molar-refractivity contribution is 7.49. The summed E-state index contributed by atoms with van der Waals surface area (Å²) < 4.78 is 15.7. The molecule has 0 radical (unpaired) electrons. The molecule has 4 aromatic rings. The van der Waals surface area contributed by atoms with Crippen molar-refractivity contribution in [3.63, 3.8) is 0 Å². The van der Waals surface area contributed by atoms with Crippen molar-refractivity contribution >= 4 is 30.6 Å². The topological polar surface area (TPSA) is 17.1 Å². The number of halogens is 1. The monoisotopic (exact) mass is 321 g/mol. The second-order valence-electron chi connectivity index (χ2n) is 5.59. The molecule has 4 rings (SSSR count). The van der Waals surface area contributed by atoms with Crippen molar-refractivity contribution in [3.05, 3.63) is 88.3 Å². The van der Waals surface area contributed by atoms with Gasteiger partial charge in [-0.25, -0.2) is 4.39 Å². The first kappa shape index (κ1) is 14.1. The molecule has 0 bridgehead atoms. The Morgan fingerprint density at radius 1 is 0.826 bits per heavy atom. The van der Waals surface area contributed by atoms with Crippen molar-refractivity contribution < 1.29 is 4.39 Å². The Balaban J connectivity index is 2.28. The van der Waals surface area contributed by atoms with Gasteiger partial charge in [-0.05, 0) is 48.9 Å². The van der Waals surface area contributed by atoms with Crippen LogP contribution in [0.15, 0.2) is 71.5 Å². The maximum absolute atomic E-state index is 13.8. The van der Waals surface area contributed by atoms with E-state index in [-0.39, 0.29) is 11.2 Å². The van der Waals surface area contributed by atoms with Gasteiger partial charge in [0, 0.05) is 16.5 Å². The van der Waals surface area contributed by atoms with Gasteiger partial charge in [0.1, 0.15) is 5.82 Å². The molecule has 0 spiro atoms. The van der Waals surface area contributed by atoms with Gasteiger partial charge >= 0.3 is 0 Å². The second-order valence-corrected chi connectivity index (χ2v) is 7.55. The number of hydrogen-bond acceptors (Lipinski definition) is 1. The minimum atomic E-state index is -0.458. The van der Waals surface area contributed by atoms with Gasteiger partial charge in [-0.3, -0.25) is 4.79 Å². The number of hydrogen-bond donors (Lipinski definition) is 0. The van der Waals surface area contributed by atoms with Crippen LogP contribution in [0.5, 0.6) is 0 Å². The van der Waals surface area contributed by atoms with E-state index >= 15 is 0 Å². The highest BCUT2D eigenvalue weighted by Gasteiger charge is 2.22. The Hall–Kier alpha value is -2.52. The van der Waals surface area contributed by atoms with Crippen LogP contribution in [0.3, 0.4) is 0 Å². The van der Waals surface area contributed by atoms with Crippen LogP contribution in [0.25, 0.3) is 25.1 Å². The van der Waals surface area contributed by atoms with E-state index in [1.54, 1.807) is 12.1 Å². The van der Waals surface area contributed by atoms with Gasteiger partial charge in [0.2, 0.25) is 5.43 Å². The lowest BCUT2D eigenvalue weighted by Crippen LogP contribution is -2.02. The predicted octanol–water partition coefficient (Wildman–Crippen LogP) is 5.54. The molecule has 3 heteroatoms. The molecule has 0 aliphatic heterocycles. The lowest BCUT2D eigenvalue weighted by atomic mass is 10.1. The highest BCUT2D eigenvalue weighted by Crippen LogP contribution is 2.43. The highest BCUT2D eigenvalue weighted by atomic mass is 32.2. The largest absolute Gasteiger partial charge is 0.288 e. The van der Waals surface area contributed by atoms with E-state index in [0.717, 1.165) is 30.6 Å². The van der Waals surface area contributed by atoms with Crippen molar-refractivity contribution in [2.75, 3.05) is 0 Å². The molecule has 1 atom stereocenters. The van der Waals surface area contributed by atoms with Gasteiger partial charge in [0.25, 0.3) is 0 Å². The van der Waals surface area contributed by atoms with Crippen LogP contribution in [-0.4, -0.2) is 0 Å². The molecule has 1 heterocycles. The first-order chi connectivity index (χ1) is 11.1. The first-order valence-electron chi connectivity index (χ1n) is 7.39. The molecule has 3 aromatic carbocycles. The standard InChI is InChI=1S/C20H14FOS/c1-13-9-10-19-17(11-13)20(22)16-7-2-3-8-18(16)23(19)15-6-4-5-14(21)12-15/h2-12H,1H3/q+1. The Labute approximate surface area is 135 Å². The molecule has 0 saturated carbocycles. The predicted molar refractivity (Wildman–Crippen MR) is 96.2 cm³/mol. The van der Waals surface area contributed by atoms with Crippen molar-refractivity contribution in [1.82, 2.24) is 0 Å². The van der Waals surface area contributed by atoms with Crippen molar-refractivity contribution in [3.8, 4) is 4.90 Å². The average molecular weight is 321 g/mol. The van der Waals surface area contributed by atoms with Crippen LogP contribution < -0.4 is 5.43 Å². The third-order valence-corrected chi connectivity index (χ3v) is 6.30.